The zero-order chi connectivity index (χ0) is 21.1. The molecular weight excluding hydrogens is 448 g/mol. The van der Waals surface area contributed by atoms with Gasteiger partial charge in [-0.3, -0.25) is 4.98 Å². The van der Waals surface area contributed by atoms with Gasteiger partial charge < -0.3 is 15.0 Å². The second-order valence-electron chi connectivity index (χ2n) is 6.70. The number of nitrogens with zero attached hydrogens (tertiary/aromatic N) is 5. The second kappa shape index (κ2) is 8.58. The van der Waals surface area contributed by atoms with Crippen molar-refractivity contribution in [3.05, 3.63) is 64.8 Å². The standard InChI is InChI=1S/C21H19BrN6O2/c1-13-16(6-7-17(27-13)14-4-2-5-15(22)10-14)21(29)30-9-3-8-28-12-26-18-19(23)24-11-25-20(18)28/h2,4-7,10-12H,3,8-9H2,1H3,(H2,23,24,25). The summed E-state index contributed by atoms with van der Waals surface area (Å²) in [6, 6.07) is 11.4. The van der Waals surface area contributed by atoms with E-state index in [9.17, 15) is 4.79 Å². The Labute approximate surface area is 181 Å². The number of anilines is 1. The van der Waals surface area contributed by atoms with Crippen LogP contribution in [0.1, 0.15) is 22.5 Å². The number of aromatic nitrogens is 5. The minimum absolute atomic E-state index is 0.270. The monoisotopic (exact) mass is 466 g/mol. The number of ether oxygens (including phenoxy) is 1. The van der Waals surface area contributed by atoms with Crippen molar-refractivity contribution in [3.8, 4) is 11.3 Å². The van der Waals surface area contributed by atoms with E-state index in [4.69, 9.17) is 10.5 Å². The Morgan fingerprint density at radius 2 is 2.07 bits per heavy atom. The van der Waals surface area contributed by atoms with E-state index in [1.165, 1.54) is 6.33 Å². The zero-order valence-electron chi connectivity index (χ0n) is 16.2. The van der Waals surface area contributed by atoms with Crippen molar-refractivity contribution < 1.29 is 9.53 Å². The van der Waals surface area contributed by atoms with E-state index >= 15 is 0 Å². The van der Waals surface area contributed by atoms with E-state index in [-0.39, 0.29) is 12.6 Å². The van der Waals surface area contributed by atoms with Gasteiger partial charge in [0.25, 0.3) is 0 Å². The van der Waals surface area contributed by atoms with Crippen molar-refractivity contribution in [3.63, 3.8) is 0 Å². The number of hydrogen-bond donors (Lipinski definition) is 1. The largest absolute Gasteiger partial charge is 0.462 e. The molecule has 9 heteroatoms. The van der Waals surface area contributed by atoms with Gasteiger partial charge in [0.2, 0.25) is 0 Å². The molecule has 0 bridgehead atoms. The van der Waals surface area contributed by atoms with Crippen LogP contribution in [0.15, 0.2) is 53.5 Å². The molecule has 0 aliphatic heterocycles. The van der Waals surface area contributed by atoms with Crippen molar-refractivity contribution >= 4 is 38.9 Å². The third kappa shape index (κ3) is 4.16. The van der Waals surface area contributed by atoms with Crippen molar-refractivity contribution in [2.45, 2.75) is 19.9 Å². The number of aryl methyl sites for hydroxylation is 2. The number of halogens is 1. The Morgan fingerprint density at radius 3 is 2.87 bits per heavy atom. The molecule has 0 saturated carbocycles. The number of carbonyl (C=O) groups is 1. The van der Waals surface area contributed by atoms with E-state index in [1.807, 2.05) is 34.9 Å². The molecule has 2 N–H and O–H groups in total. The Kier molecular flexibility index (Phi) is 5.71. The molecular formula is C21H19BrN6O2. The number of rotatable bonds is 6. The number of pyridine rings is 1. The Hall–Kier alpha value is -3.33. The Bertz CT molecular complexity index is 1220. The number of carbonyl (C=O) groups excluding carboxylic acids is 1. The maximum absolute atomic E-state index is 12.5. The molecule has 0 spiro atoms. The molecule has 0 atom stereocenters. The highest BCUT2D eigenvalue weighted by atomic mass is 79.9. The minimum Gasteiger partial charge on any atom is -0.462 e. The first-order valence-electron chi connectivity index (χ1n) is 9.35. The molecule has 0 radical (unpaired) electrons. The highest BCUT2D eigenvalue weighted by molar-refractivity contribution is 9.10. The molecule has 8 nitrogen and oxygen atoms in total. The summed E-state index contributed by atoms with van der Waals surface area (Å²) in [5.74, 6) is -0.0395. The van der Waals surface area contributed by atoms with Crippen LogP contribution in [0.5, 0.6) is 0 Å². The van der Waals surface area contributed by atoms with Gasteiger partial charge in [0, 0.05) is 16.6 Å². The van der Waals surface area contributed by atoms with E-state index in [0.717, 1.165) is 15.7 Å². The molecule has 152 valence electrons. The number of fused-ring (bicyclic) bond motifs is 1. The van der Waals surface area contributed by atoms with Gasteiger partial charge >= 0.3 is 5.97 Å². The third-order valence-electron chi connectivity index (χ3n) is 4.63. The molecule has 3 aromatic heterocycles. The fourth-order valence-electron chi connectivity index (χ4n) is 3.13. The molecule has 0 fully saturated rings. The van der Waals surface area contributed by atoms with Crippen molar-refractivity contribution in [2.24, 2.45) is 0 Å². The molecule has 4 rings (SSSR count). The predicted octanol–water partition coefficient (Wildman–Crippen LogP) is 3.79. The molecule has 3 heterocycles. The van der Waals surface area contributed by atoms with Crippen LogP contribution in [0.25, 0.3) is 22.4 Å². The van der Waals surface area contributed by atoms with Crippen LogP contribution in [0.2, 0.25) is 0 Å². The van der Waals surface area contributed by atoms with Gasteiger partial charge in [0.1, 0.15) is 11.8 Å². The normalized spacial score (nSPS) is 11.0. The molecule has 4 aromatic rings. The predicted molar refractivity (Wildman–Crippen MR) is 117 cm³/mol. The molecule has 30 heavy (non-hydrogen) atoms. The summed E-state index contributed by atoms with van der Waals surface area (Å²) >= 11 is 3.46. The van der Waals surface area contributed by atoms with Gasteiger partial charge in [0.15, 0.2) is 11.5 Å². The van der Waals surface area contributed by atoms with Crippen LogP contribution in [0.4, 0.5) is 5.82 Å². The van der Waals surface area contributed by atoms with Gasteiger partial charge in [-0.05, 0) is 37.6 Å². The number of imidazole rings is 1. The average molecular weight is 467 g/mol. The number of nitrogens with two attached hydrogens (primary N) is 1. The van der Waals surface area contributed by atoms with Crippen molar-refractivity contribution in [1.29, 1.82) is 0 Å². The number of hydrogen-bond acceptors (Lipinski definition) is 7. The lowest BCUT2D eigenvalue weighted by Crippen LogP contribution is -2.11. The maximum atomic E-state index is 12.5. The minimum atomic E-state index is -0.386. The fourth-order valence-corrected chi connectivity index (χ4v) is 3.52. The van der Waals surface area contributed by atoms with E-state index in [2.05, 4.69) is 35.9 Å². The fraction of sp³-hybridized carbons (Fsp3) is 0.190. The first kappa shape index (κ1) is 20.0. The first-order valence-corrected chi connectivity index (χ1v) is 10.1. The van der Waals surface area contributed by atoms with E-state index < -0.39 is 0 Å². The summed E-state index contributed by atoms with van der Waals surface area (Å²) in [5, 5.41) is 0. The average Bonchev–Trinajstić information content (AvgIpc) is 3.15. The van der Waals surface area contributed by atoms with Crippen molar-refractivity contribution in [2.75, 3.05) is 12.3 Å². The quantitative estimate of drug-likeness (QED) is 0.340. The smallest absolute Gasteiger partial charge is 0.339 e. The summed E-state index contributed by atoms with van der Waals surface area (Å²) < 4.78 is 8.27. The van der Waals surface area contributed by atoms with Crippen LogP contribution in [0.3, 0.4) is 0 Å². The second-order valence-corrected chi connectivity index (χ2v) is 7.61. The summed E-state index contributed by atoms with van der Waals surface area (Å²) in [5.41, 5.74) is 9.90. The van der Waals surface area contributed by atoms with Crippen LogP contribution in [-0.4, -0.2) is 37.1 Å². The molecule has 0 saturated heterocycles. The topological polar surface area (TPSA) is 109 Å². The Morgan fingerprint density at radius 1 is 1.20 bits per heavy atom. The van der Waals surface area contributed by atoms with Crippen LogP contribution < -0.4 is 5.73 Å². The summed E-state index contributed by atoms with van der Waals surface area (Å²) in [4.78, 5) is 29.4. The number of benzene rings is 1. The molecule has 1 aromatic carbocycles. The van der Waals surface area contributed by atoms with Gasteiger partial charge in [-0.1, -0.05) is 28.1 Å². The lowest BCUT2D eigenvalue weighted by atomic mass is 10.1. The summed E-state index contributed by atoms with van der Waals surface area (Å²) in [6.07, 6.45) is 3.68. The first-order chi connectivity index (χ1) is 14.5. The summed E-state index contributed by atoms with van der Waals surface area (Å²) in [6.45, 7) is 2.67. The van der Waals surface area contributed by atoms with Gasteiger partial charge in [-0.2, -0.15) is 0 Å². The molecule has 0 unspecified atom stereocenters. The van der Waals surface area contributed by atoms with Crippen LogP contribution in [0, 0.1) is 6.92 Å². The maximum Gasteiger partial charge on any atom is 0.339 e. The van der Waals surface area contributed by atoms with Gasteiger partial charge in [0.05, 0.1) is 29.9 Å². The van der Waals surface area contributed by atoms with Gasteiger partial charge in [-0.15, -0.1) is 0 Å². The highest BCUT2D eigenvalue weighted by Gasteiger charge is 2.13. The highest BCUT2D eigenvalue weighted by Crippen LogP contribution is 2.23. The third-order valence-corrected chi connectivity index (χ3v) is 5.13. The van der Waals surface area contributed by atoms with E-state index in [1.54, 1.807) is 19.3 Å². The van der Waals surface area contributed by atoms with E-state index in [0.29, 0.717) is 41.2 Å². The van der Waals surface area contributed by atoms with Crippen molar-refractivity contribution in [1.82, 2.24) is 24.5 Å². The molecule has 0 aliphatic rings. The lowest BCUT2D eigenvalue weighted by Gasteiger charge is -2.09. The number of esters is 1. The Balaban J connectivity index is 1.36. The molecule has 0 aliphatic carbocycles. The SMILES string of the molecule is Cc1nc(-c2cccc(Br)c2)ccc1C(=O)OCCCn1cnc2c(N)ncnc21. The lowest BCUT2D eigenvalue weighted by molar-refractivity contribution is 0.0495. The molecule has 0 amide bonds. The van der Waals surface area contributed by atoms with Crippen LogP contribution in [-0.2, 0) is 11.3 Å². The van der Waals surface area contributed by atoms with Crippen LogP contribution >= 0.6 is 15.9 Å². The van der Waals surface area contributed by atoms with Gasteiger partial charge in [-0.25, -0.2) is 19.7 Å². The zero-order valence-corrected chi connectivity index (χ0v) is 17.8. The number of nitrogen functional groups attached to an aromatic ring is 1. The summed E-state index contributed by atoms with van der Waals surface area (Å²) in [7, 11) is 0.